The first-order valence-corrected chi connectivity index (χ1v) is 15.8. The van der Waals surface area contributed by atoms with Crippen LogP contribution in [0.4, 0.5) is 0 Å². The van der Waals surface area contributed by atoms with Gasteiger partial charge in [0.25, 0.3) is 0 Å². The number of hydrogen-bond donors (Lipinski definition) is 0. The molecule has 0 saturated carbocycles. The maximum Gasteiger partial charge on any atom is 0.0547 e. The summed E-state index contributed by atoms with van der Waals surface area (Å²) < 4.78 is 4.85. The van der Waals surface area contributed by atoms with Crippen LogP contribution in [0.2, 0.25) is 0 Å². The predicted octanol–water partition coefficient (Wildman–Crippen LogP) is 11.5. The molecule has 0 fully saturated rings. The Hall–Kier alpha value is -5.60. The fourth-order valence-electron chi connectivity index (χ4n) is 7.38. The van der Waals surface area contributed by atoms with E-state index in [-0.39, 0.29) is 0 Å². The van der Waals surface area contributed by atoms with Gasteiger partial charge in [-0.05, 0) is 83.1 Å². The highest BCUT2D eigenvalue weighted by atomic mass is 15.0. The number of para-hydroxylation sites is 3. The number of rotatable bonds is 4. The maximum atomic E-state index is 2.46. The predicted molar refractivity (Wildman–Crippen MR) is 192 cm³/mol. The minimum Gasteiger partial charge on any atom is -0.310 e. The summed E-state index contributed by atoms with van der Waals surface area (Å²) in [7, 11) is 0. The minimum absolute atomic E-state index is 0.484. The van der Waals surface area contributed by atoms with E-state index >= 15 is 0 Å². The number of hydrogen-bond acceptors (Lipinski definition) is 0. The standard InChI is InChI=1S/C43H32N2/c1-29-20-23-34(28-38(29)30-12-4-2-5-13-30)45-41-19-11-9-17-36(41)39-26-31(22-25-42(39)45)32-21-24-37-35-16-8-10-18-40(35)44(43(37)27-32)33-14-6-3-7-15-33/h2-19,21-29H,20H2,1H3. The lowest BCUT2D eigenvalue weighted by molar-refractivity contribution is 0.757. The average Bonchev–Trinajstić information content (AvgIpc) is 3.61. The van der Waals surface area contributed by atoms with Crippen molar-refractivity contribution in [3.63, 3.8) is 0 Å². The molecule has 2 aromatic heterocycles. The molecule has 1 atom stereocenters. The molecular formula is C43H32N2. The van der Waals surface area contributed by atoms with Gasteiger partial charge in [-0.25, -0.2) is 0 Å². The Morgan fingerprint density at radius 1 is 0.467 bits per heavy atom. The summed E-state index contributed by atoms with van der Waals surface area (Å²) in [4.78, 5) is 0. The Morgan fingerprint density at radius 2 is 1.04 bits per heavy atom. The van der Waals surface area contributed by atoms with Crippen LogP contribution in [0.1, 0.15) is 18.9 Å². The highest BCUT2D eigenvalue weighted by molar-refractivity contribution is 6.13. The molecule has 2 heterocycles. The van der Waals surface area contributed by atoms with Crippen LogP contribution in [0.3, 0.4) is 0 Å². The first-order chi connectivity index (χ1) is 22.2. The van der Waals surface area contributed by atoms with Crippen LogP contribution in [0.5, 0.6) is 0 Å². The SMILES string of the molecule is CC1CC=C(n2c3ccccc3c3cc(-c4ccc5c6ccccc6n(-c6ccccc6)c5c4)ccc32)C=C1c1ccccc1. The summed E-state index contributed by atoms with van der Waals surface area (Å²) >= 11 is 0. The lowest BCUT2D eigenvalue weighted by Gasteiger charge is -2.22. The Morgan fingerprint density at radius 3 is 1.82 bits per heavy atom. The quantitative estimate of drug-likeness (QED) is 0.197. The van der Waals surface area contributed by atoms with Gasteiger partial charge in [0.15, 0.2) is 0 Å². The van der Waals surface area contributed by atoms with E-state index in [4.69, 9.17) is 0 Å². The summed E-state index contributed by atoms with van der Waals surface area (Å²) in [5, 5.41) is 5.11. The zero-order valence-electron chi connectivity index (χ0n) is 25.2. The van der Waals surface area contributed by atoms with Crippen molar-refractivity contribution < 1.29 is 0 Å². The summed E-state index contributed by atoms with van der Waals surface area (Å²) in [5.74, 6) is 0.484. The highest BCUT2D eigenvalue weighted by Crippen LogP contribution is 2.40. The van der Waals surface area contributed by atoms with E-state index in [1.807, 2.05) is 0 Å². The van der Waals surface area contributed by atoms with Gasteiger partial charge in [0.05, 0.1) is 22.1 Å². The van der Waals surface area contributed by atoms with Crippen LogP contribution >= 0.6 is 0 Å². The largest absolute Gasteiger partial charge is 0.310 e. The van der Waals surface area contributed by atoms with Crippen molar-refractivity contribution in [1.29, 1.82) is 0 Å². The van der Waals surface area contributed by atoms with Gasteiger partial charge >= 0.3 is 0 Å². The molecule has 0 radical (unpaired) electrons. The lowest BCUT2D eigenvalue weighted by Crippen LogP contribution is -2.06. The van der Waals surface area contributed by atoms with Crippen LogP contribution in [0, 0.1) is 5.92 Å². The molecule has 1 aliphatic carbocycles. The Balaban J connectivity index is 1.23. The number of allylic oxidation sites excluding steroid dienone is 4. The summed E-state index contributed by atoms with van der Waals surface area (Å²) in [6.07, 6.45) is 5.84. The van der Waals surface area contributed by atoms with Crippen LogP contribution in [-0.2, 0) is 0 Å². The van der Waals surface area contributed by atoms with Gasteiger partial charge in [0.2, 0.25) is 0 Å². The summed E-state index contributed by atoms with van der Waals surface area (Å²) in [6, 6.07) is 53.0. The van der Waals surface area contributed by atoms with Gasteiger partial charge in [-0.2, -0.15) is 0 Å². The molecule has 0 spiro atoms. The van der Waals surface area contributed by atoms with E-state index in [0.29, 0.717) is 5.92 Å². The Labute approximate surface area is 262 Å². The van der Waals surface area contributed by atoms with E-state index in [1.165, 1.54) is 77.3 Å². The molecule has 0 amide bonds. The molecule has 0 N–H and O–H groups in total. The van der Waals surface area contributed by atoms with Gasteiger partial charge in [0, 0.05) is 32.9 Å². The van der Waals surface area contributed by atoms with Crippen molar-refractivity contribution in [3.05, 3.63) is 163 Å². The van der Waals surface area contributed by atoms with Crippen molar-refractivity contribution >= 4 is 54.9 Å². The third kappa shape index (κ3) is 4.10. The fraction of sp³-hybridized carbons (Fsp3) is 0.0698. The van der Waals surface area contributed by atoms with E-state index in [2.05, 4.69) is 174 Å². The number of nitrogens with zero attached hydrogens (tertiary/aromatic N) is 2. The van der Waals surface area contributed by atoms with Gasteiger partial charge in [0.1, 0.15) is 0 Å². The summed E-state index contributed by atoms with van der Waals surface area (Å²) in [6.45, 7) is 2.33. The normalized spacial score (nSPS) is 15.2. The third-order valence-corrected chi connectivity index (χ3v) is 9.57. The number of benzene rings is 6. The number of aromatic nitrogens is 2. The zero-order chi connectivity index (χ0) is 29.9. The molecule has 2 nitrogen and oxygen atoms in total. The first kappa shape index (κ1) is 25.9. The monoisotopic (exact) mass is 576 g/mol. The molecule has 0 aliphatic heterocycles. The van der Waals surface area contributed by atoms with Crippen LogP contribution in [0.15, 0.2) is 158 Å². The highest BCUT2D eigenvalue weighted by Gasteiger charge is 2.20. The van der Waals surface area contributed by atoms with Gasteiger partial charge < -0.3 is 9.13 Å². The van der Waals surface area contributed by atoms with Gasteiger partial charge in [-0.1, -0.05) is 116 Å². The van der Waals surface area contributed by atoms with Crippen molar-refractivity contribution in [1.82, 2.24) is 9.13 Å². The van der Waals surface area contributed by atoms with E-state index < -0.39 is 0 Å². The molecule has 2 heteroatoms. The molecule has 214 valence electrons. The molecule has 0 bridgehead atoms. The topological polar surface area (TPSA) is 9.86 Å². The van der Waals surface area contributed by atoms with Crippen LogP contribution < -0.4 is 0 Å². The third-order valence-electron chi connectivity index (χ3n) is 9.57. The van der Waals surface area contributed by atoms with Crippen molar-refractivity contribution in [3.8, 4) is 16.8 Å². The Kier molecular flexibility index (Phi) is 5.89. The molecule has 0 saturated heterocycles. The van der Waals surface area contributed by atoms with Gasteiger partial charge in [-0.15, -0.1) is 0 Å². The van der Waals surface area contributed by atoms with E-state index in [1.54, 1.807) is 0 Å². The average molecular weight is 577 g/mol. The molecular weight excluding hydrogens is 544 g/mol. The van der Waals surface area contributed by atoms with Crippen LogP contribution in [0.25, 0.3) is 71.7 Å². The van der Waals surface area contributed by atoms with E-state index in [0.717, 1.165) is 6.42 Å². The van der Waals surface area contributed by atoms with Gasteiger partial charge in [-0.3, -0.25) is 0 Å². The van der Waals surface area contributed by atoms with Crippen LogP contribution in [-0.4, -0.2) is 9.13 Å². The second-order valence-electron chi connectivity index (χ2n) is 12.2. The van der Waals surface area contributed by atoms with E-state index in [9.17, 15) is 0 Å². The second-order valence-corrected chi connectivity index (χ2v) is 12.2. The van der Waals surface area contributed by atoms with Crippen molar-refractivity contribution in [2.24, 2.45) is 5.92 Å². The molecule has 45 heavy (non-hydrogen) atoms. The number of fused-ring (bicyclic) bond motifs is 6. The Bertz CT molecular complexity index is 2450. The maximum absolute atomic E-state index is 2.46. The molecule has 9 rings (SSSR count). The summed E-state index contributed by atoms with van der Waals surface area (Å²) in [5.41, 5.74) is 12.5. The first-order valence-electron chi connectivity index (χ1n) is 15.8. The zero-order valence-corrected chi connectivity index (χ0v) is 25.2. The lowest BCUT2D eigenvalue weighted by atomic mass is 9.87. The fourth-order valence-corrected chi connectivity index (χ4v) is 7.38. The molecule has 8 aromatic rings. The van der Waals surface area contributed by atoms with Crippen molar-refractivity contribution in [2.45, 2.75) is 13.3 Å². The molecule has 1 aliphatic rings. The molecule has 1 unspecified atom stereocenters. The minimum atomic E-state index is 0.484. The molecule has 6 aromatic carbocycles. The smallest absolute Gasteiger partial charge is 0.0547 e. The second kappa shape index (κ2) is 10.2. The van der Waals surface area contributed by atoms with Crippen molar-refractivity contribution in [2.75, 3.05) is 0 Å².